The summed E-state index contributed by atoms with van der Waals surface area (Å²) in [6, 6.07) is 109. The fourth-order valence-electron chi connectivity index (χ4n) is 10.3. The molecule has 0 saturated carbocycles. The number of nitrogens with zero attached hydrogens (tertiary/aromatic N) is 2. The number of rotatable bonds is 12. The average Bonchev–Trinajstić information content (AvgIpc) is 3.87. The quantitative estimate of drug-likeness (QED) is 0.112. The molecule has 0 N–H and O–H groups in total. The molecule has 11 aromatic carbocycles. The topological polar surface area (TPSA) is 17.8 Å². The van der Waals surface area contributed by atoms with Gasteiger partial charge in [-0.15, -0.1) is 0 Å². The van der Waals surface area contributed by atoms with Crippen LogP contribution in [0.2, 0.25) is 0 Å². The Morgan fingerprint density at radius 2 is 0.575 bits per heavy atom. The molecule has 0 fully saturated rings. The molecule has 0 unspecified atom stereocenters. The fraction of sp³-hybridized carbons (Fsp3) is 0. The second-order valence-corrected chi connectivity index (χ2v) is 18.2. The number of para-hydroxylation sites is 2. The molecule has 0 aliphatic heterocycles. The molecule has 73 heavy (non-hydrogen) atoms. The van der Waals surface area contributed by atoms with Crippen LogP contribution in [0.4, 0.5) is 0 Å². The number of imidazole rings is 1. The van der Waals surface area contributed by atoms with Gasteiger partial charge in [-0.05, 0) is 119 Å². The minimum Gasteiger partial charge on any atom is -0.292 e. The van der Waals surface area contributed by atoms with Crippen LogP contribution in [0.25, 0.3) is 72.7 Å². The Morgan fingerprint density at radius 3 is 1.01 bits per heavy atom. The molecule has 2 heteroatoms. The molecule has 344 valence electrons. The van der Waals surface area contributed by atoms with E-state index in [-0.39, 0.29) is 0 Å². The lowest BCUT2D eigenvalue weighted by atomic mass is 9.83. The summed E-state index contributed by atoms with van der Waals surface area (Å²) >= 11 is 0. The van der Waals surface area contributed by atoms with Crippen molar-refractivity contribution >= 4 is 33.3 Å². The Kier molecular flexibility index (Phi) is 12.4. The van der Waals surface area contributed by atoms with Crippen LogP contribution in [-0.2, 0) is 0 Å². The van der Waals surface area contributed by atoms with Gasteiger partial charge in [0.1, 0.15) is 5.82 Å². The Hall–Kier alpha value is -9.63. The summed E-state index contributed by atoms with van der Waals surface area (Å²) in [5.41, 5.74) is 22.6. The van der Waals surface area contributed by atoms with Crippen molar-refractivity contribution in [1.82, 2.24) is 9.55 Å². The predicted molar refractivity (Wildman–Crippen MR) is 306 cm³/mol. The van der Waals surface area contributed by atoms with Crippen LogP contribution < -0.4 is 0 Å². The number of hydrogen-bond donors (Lipinski definition) is 0. The zero-order valence-corrected chi connectivity index (χ0v) is 40.3. The third kappa shape index (κ3) is 9.06. The van der Waals surface area contributed by atoms with E-state index in [2.05, 4.69) is 308 Å². The van der Waals surface area contributed by atoms with Gasteiger partial charge in [0.25, 0.3) is 0 Å². The molecule has 0 atom stereocenters. The molecule has 2 nitrogen and oxygen atoms in total. The standard InChI is InChI=1S/C71H50N2/c1-8-24-53(25-9-1)67(54-26-10-2-11-27-54)69(57-32-16-5-17-33-57)59-42-40-51(41-43-59)63-49-46-61(70(58-34-18-6-19-35-58)68(55-28-12-3-13-29-55)56-30-14-4-15-31-56)50-64(63)52-44-47-62(48-45-52)73-66-39-23-22-38-65(66)72-71(73)60-36-20-7-21-37-60/h1-50H. The van der Waals surface area contributed by atoms with Gasteiger partial charge in [-0.25, -0.2) is 4.98 Å². The van der Waals surface area contributed by atoms with Crippen LogP contribution in [0.1, 0.15) is 44.5 Å². The second-order valence-electron chi connectivity index (χ2n) is 18.2. The van der Waals surface area contributed by atoms with Crippen molar-refractivity contribution in [3.8, 4) is 39.3 Å². The van der Waals surface area contributed by atoms with Crippen LogP contribution in [0.3, 0.4) is 0 Å². The molecule has 1 heterocycles. The summed E-state index contributed by atoms with van der Waals surface area (Å²) in [7, 11) is 0. The Morgan fingerprint density at radius 1 is 0.247 bits per heavy atom. The van der Waals surface area contributed by atoms with E-state index >= 15 is 0 Å². The lowest BCUT2D eigenvalue weighted by molar-refractivity contribution is 1.10. The van der Waals surface area contributed by atoms with Gasteiger partial charge in [-0.1, -0.05) is 273 Å². The van der Waals surface area contributed by atoms with E-state index in [1.807, 2.05) is 0 Å². The zero-order valence-electron chi connectivity index (χ0n) is 40.3. The predicted octanol–water partition coefficient (Wildman–Crippen LogP) is 18.0. The smallest absolute Gasteiger partial charge is 0.145 e. The maximum Gasteiger partial charge on any atom is 0.145 e. The number of aromatic nitrogens is 2. The highest BCUT2D eigenvalue weighted by molar-refractivity contribution is 6.07. The summed E-state index contributed by atoms with van der Waals surface area (Å²) in [5, 5.41) is 0. The Labute approximate surface area is 427 Å². The van der Waals surface area contributed by atoms with Gasteiger partial charge in [-0.3, -0.25) is 4.57 Å². The van der Waals surface area contributed by atoms with Gasteiger partial charge in [0, 0.05) is 11.3 Å². The van der Waals surface area contributed by atoms with Gasteiger partial charge in [0.15, 0.2) is 0 Å². The van der Waals surface area contributed by atoms with Gasteiger partial charge >= 0.3 is 0 Å². The number of benzene rings is 11. The van der Waals surface area contributed by atoms with Gasteiger partial charge in [0.2, 0.25) is 0 Å². The van der Waals surface area contributed by atoms with Gasteiger partial charge in [0.05, 0.1) is 11.0 Å². The van der Waals surface area contributed by atoms with Crippen LogP contribution >= 0.6 is 0 Å². The first-order valence-electron chi connectivity index (χ1n) is 25.0. The summed E-state index contributed by atoms with van der Waals surface area (Å²) in [6.07, 6.45) is 0. The summed E-state index contributed by atoms with van der Waals surface area (Å²) in [6.45, 7) is 0. The molecular weight excluding hydrogens is 881 g/mol. The van der Waals surface area contributed by atoms with Gasteiger partial charge in [-0.2, -0.15) is 0 Å². The minimum atomic E-state index is 0.913. The van der Waals surface area contributed by atoms with E-state index in [0.717, 1.165) is 83.7 Å². The van der Waals surface area contributed by atoms with E-state index in [0.29, 0.717) is 0 Å². The second kappa shape index (κ2) is 20.4. The van der Waals surface area contributed by atoms with Crippen LogP contribution in [0.15, 0.2) is 303 Å². The molecule has 0 aliphatic carbocycles. The van der Waals surface area contributed by atoms with Crippen LogP contribution in [0, 0.1) is 0 Å². The summed E-state index contributed by atoms with van der Waals surface area (Å²) in [4.78, 5) is 5.16. The fourth-order valence-corrected chi connectivity index (χ4v) is 10.3. The first kappa shape index (κ1) is 44.6. The molecule has 12 rings (SSSR count). The van der Waals surface area contributed by atoms with Crippen molar-refractivity contribution in [2.24, 2.45) is 0 Å². The number of hydrogen-bond acceptors (Lipinski definition) is 1. The maximum atomic E-state index is 5.16. The lowest BCUT2D eigenvalue weighted by Crippen LogP contribution is -1.99. The van der Waals surface area contributed by atoms with Crippen molar-refractivity contribution in [3.05, 3.63) is 348 Å². The molecule has 0 aliphatic rings. The third-order valence-corrected chi connectivity index (χ3v) is 13.7. The largest absolute Gasteiger partial charge is 0.292 e. The SMILES string of the molecule is c1ccc(C(=C(c2ccccc2)c2ccc(-c3ccc(C(=C(c4ccccc4)c4ccccc4)c4ccccc4)cc3-c3ccc(-n4c(-c5ccccc5)nc5ccccc54)cc3)cc2)c2ccccc2)cc1. The van der Waals surface area contributed by atoms with E-state index in [1.54, 1.807) is 0 Å². The van der Waals surface area contributed by atoms with E-state index in [9.17, 15) is 0 Å². The van der Waals surface area contributed by atoms with Crippen LogP contribution in [-0.4, -0.2) is 9.55 Å². The molecule has 0 spiro atoms. The van der Waals surface area contributed by atoms with Crippen molar-refractivity contribution in [2.75, 3.05) is 0 Å². The zero-order chi connectivity index (χ0) is 48.8. The molecule has 1 aromatic heterocycles. The maximum absolute atomic E-state index is 5.16. The Bertz CT molecular complexity index is 3780. The van der Waals surface area contributed by atoms with Crippen LogP contribution in [0.5, 0.6) is 0 Å². The van der Waals surface area contributed by atoms with Crippen molar-refractivity contribution < 1.29 is 0 Å². The first-order valence-corrected chi connectivity index (χ1v) is 25.0. The summed E-state index contributed by atoms with van der Waals surface area (Å²) < 4.78 is 2.28. The molecule has 0 radical (unpaired) electrons. The van der Waals surface area contributed by atoms with E-state index < -0.39 is 0 Å². The molecule has 12 aromatic rings. The summed E-state index contributed by atoms with van der Waals surface area (Å²) in [5.74, 6) is 0.913. The van der Waals surface area contributed by atoms with Crippen molar-refractivity contribution in [3.63, 3.8) is 0 Å². The molecule has 0 saturated heterocycles. The Balaban J connectivity index is 1.07. The first-order chi connectivity index (χ1) is 36.2. The van der Waals surface area contributed by atoms with Crippen molar-refractivity contribution in [2.45, 2.75) is 0 Å². The molecular formula is C71H50N2. The van der Waals surface area contributed by atoms with Crippen molar-refractivity contribution in [1.29, 1.82) is 0 Å². The molecule has 0 bridgehead atoms. The lowest BCUT2D eigenvalue weighted by Gasteiger charge is -2.21. The normalized spacial score (nSPS) is 11.0. The average molecular weight is 931 g/mol. The minimum absolute atomic E-state index is 0.913. The third-order valence-electron chi connectivity index (χ3n) is 13.7. The highest BCUT2D eigenvalue weighted by Crippen LogP contribution is 2.43. The monoisotopic (exact) mass is 930 g/mol. The number of fused-ring (bicyclic) bond motifs is 1. The van der Waals surface area contributed by atoms with Gasteiger partial charge < -0.3 is 0 Å². The molecule has 0 amide bonds. The highest BCUT2D eigenvalue weighted by Gasteiger charge is 2.21. The van der Waals surface area contributed by atoms with E-state index in [4.69, 9.17) is 4.98 Å². The van der Waals surface area contributed by atoms with E-state index in [1.165, 1.54) is 33.4 Å². The highest BCUT2D eigenvalue weighted by atomic mass is 15.1.